The van der Waals surface area contributed by atoms with Gasteiger partial charge >= 0.3 is 0 Å². The van der Waals surface area contributed by atoms with Gasteiger partial charge < -0.3 is 4.90 Å². The van der Waals surface area contributed by atoms with E-state index >= 15 is 0 Å². The van der Waals surface area contributed by atoms with E-state index in [2.05, 4.69) is 20.8 Å². The molecule has 0 saturated heterocycles. The molecule has 0 aliphatic carbocycles. The fourth-order valence-electron chi connectivity index (χ4n) is 3.07. The van der Waals surface area contributed by atoms with Crippen molar-refractivity contribution in [3.63, 3.8) is 0 Å². The van der Waals surface area contributed by atoms with Crippen LogP contribution in [0.15, 0.2) is 18.2 Å². The third-order valence-electron chi connectivity index (χ3n) is 4.37. The summed E-state index contributed by atoms with van der Waals surface area (Å²) in [7, 11) is 0. The molecule has 0 saturated carbocycles. The third-order valence-corrected chi connectivity index (χ3v) is 4.37. The van der Waals surface area contributed by atoms with E-state index in [9.17, 15) is 14.9 Å². The number of amides is 1. The lowest BCUT2D eigenvalue weighted by atomic mass is 9.79. The van der Waals surface area contributed by atoms with E-state index in [0.717, 1.165) is 16.8 Å². The summed E-state index contributed by atoms with van der Waals surface area (Å²) in [6, 6.07) is 5.89. The molecule has 0 fully saturated rings. The Hall–Kier alpha value is -1.91. The fraction of sp³-hybridized carbons (Fsp3) is 0.588. The Kier molecular flexibility index (Phi) is 3.80. The second-order valence-electron chi connectivity index (χ2n) is 7.57. The monoisotopic (exact) mass is 304 g/mol. The molecule has 1 unspecified atom stereocenters. The molecule has 22 heavy (non-hydrogen) atoms. The molecule has 0 radical (unpaired) electrons. The number of hydrogen-bond donors (Lipinski definition) is 0. The van der Waals surface area contributed by atoms with E-state index in [1.54, 1.807) is 11.8 Å². The van der Waals surface area contributed by atoms with Crippen molar-refractivity contribution >= 4 is 11.6 Å². The van der Waals surface area contributed by atoms with Crippen molar-refractivity contribution in [3.05, 3.63) is 39.4 Å². The predicted octanol–water partition coefficient (Wildman–Crippen LogP) is 3.27. The first-order chi connectivity index (χ1) is 9.98. The molecule has 1 atom stereocenters. The first kappa shape index (κ1) is 16.5. The molecule has 1 aliphatic rings. The summed E-state index contributed by atoms with van der Waals surface area (Å²) in [5, 5.41) is 11.1. The van der Waals surface area contributed by atoms with Crippen LogP contribution in [0.3, 0.4) is 0 Å². The maximum atomic E-state index is 12.8. The molecule has 0 bridgehead atoms. The first-order valence-electron chi connectivity index (χ1n) is 7.59. The molecular weight excluding hydrogens is 280 g/mol. The summed E-state index contributed by atoms with van der Waals surface area (Å²) < 4.78 is 0. The molecule has 1 amide bonds. The van der Waals surface area contributed by atoms with Crippen molar-refractivity contribution in [2.75, 3.05) is 11.4 Å². The van der Waals surface area contributed by atoms with E-state index in [4.69, 9.17) is 0 Å². The van der Waals surface area contributed by atoms with Crippen molar-refractivity contribution < 1.29 is 9.72 Å². The molecule has 120 valence electrons. The van der Waals surface area contributed by atoms with Crippen LogP contribution in [0.2, 0.25) is 0 Å². The van der Waals surface area contributed by atoms with Gasteiger partial charge in [-0.05, 0) is 43.4 Å². The summed E-state index contributed by atoms with van der Waals surface area (Å²) in [6.45, 7) is 11.4. The normalized spacial score (nSPS) is 21.4. The van der Waals surface area contributed by atoms with Crippen molar-refractivity contribution in [2.45, 2.75) is 58.4 Å². The molecule has 1 heterocycles. The zero-order valence-corrected chi connectivity index (χ0v) is 14.1. The van der Waals surface area contributed by atoms with Crippen molar-refractivity contribution in [1.29, 1.82) is 0 Å². The zero-order valence-electron chi connectivity index (χ0n) is 14.1. The van der Waals surface area contributed by atoms with E-state index in [1.807, 2.05) is 32.0 Å². The second kappa shape index (κ2) is 5.07. The minimum absolute atomic E-state index is 0.0275. The van der Waals surface area contributed by atoms with Crippen LogP contribution in [0, 0.1) is 10.1 Å². The summed E-state index contributed by atoms with van der Waals surface area (Å²) in [5.41, 5.74) is 1.50. The van der Waals surface area contributed by atoms with E-state index in [0.29, 0.717) is 0 Å². The average Bonchev–Trinajstić information content (AvgIpc) is 2.56. The van der Waals surface area contributed by atoms with Gasteiger partial charge in [0.1, 0.15) is 5.41 Å². The smallest absolute Gasteiger partial charge is 0.244 e. The lowest BCUT2D eigenvalue weighted by Crippen LogP contribution is -2.45. The van der Waals surface area contributed by atoms with Crippen LogP contribution in [0.1, 0.15) is 52.7 Å². The van der Waals surface area contributed by atoms with Crippen LogP contribution in [-0.4, -0.2) is 23.4 Å². The van der Waals surface area contributed by atoms with Crippen LogP contribution in [0.5, 0.6) is 0 Å². The number of nitrogens with zero attached hydrogens (tertiary/aromatic N) is 2. The van der Waals surface area contributed by atoms with Gasteiger partial charge in [-0.2, -0.15) is 0 Å². The third kappa shape index (κ3) is 2.49. The van der Waals surface area contributed by atoms with Crippen molar-refractivity contribution in [2.24, 2.45) is 0 Å². The summed E-state index contributed by atoms with van der Waals surface area (Å²) in [4.78, 5) is 25.2. The number of nitro groups is 1. The van der Waals surface area contributed by atoms with Gasteiger partial charge in [0.15, 0.2) is 0 Å². The van der Waals surface area contributed by atoms with Gasteiger partial charge in [0.25, 0.3) is 0 Å². The van der Waals surface area contributed by atoms with Gasteiger partial charge in [-0.15, -0.1) is 0 Å². The molecule has 1 aromatic carbocycles. The van der Waals surface area contributed by atoms with E-state index in [-0.39, 0.29) is 23.9 Å². The summed E-state index contributed by atoms with van der Waals surface area (Å²) in [6.07, 6.45) is 0. The largest absolute Gasteiger partial charge is 0.309 e. The van der Waals surface area contributed by atoms with E-state index in [1.165, 1.54) is 0 Å². The highest BCUT2D eigenvalue weighted by Crippen LogP contribution is 2.44. The number of carbonyl (C=O) groups is 1. The maximum Gasteiger partial charge on any atom is 0.244 e. The predicted molar refractivity (Wildman–Crippen MR) is 87.0 cm³/mol. The summed E-state index contributed by atoms with van der Waals surface area (Å²) in [5.74, 6) is -0.180. The van der Waals surface area contributed by atoms with Crippen LogP contribution in [0.25, 0.3) is 0 Å². The van der Waals surface area contributed by atoms with Crippen LogP contribution >= 0.6 is 0 Å². The Balaban J connectivity index is 2.67. The van der Waals surface area contributed by atoms with Gasteiger partial charge in [-0.25, -0.2) is 0 Å². The molecule has 0 N–H and O–H groups in total. The lowest BCUT2D eigenvalue weighted by Gasteiger charge is -2.24. The van der Waals surface area contributed by atoms with Gasteiger partial charge in [0.2, 0.25) is 12.5 Å². The quantitative estimate of drug-likeness (QED) is 0.636. The highest BCUT2D eigenvalue weighted by Gasteiger charge is 2.52. The maximum absolute atomic E-state index is 12.8. The Labute approximate surface area is 131 Å². The van der Waals surface area contributed by atoms with Crippen LogP contribution < -0.4 is 4.90 Å². The number of carbonyl (C=O) groups excluding carboxylic acids is 1. The number of benzene rings is 1. The van der Waals surface area contributed by atoms with Crippen molar-refractivity contribution in [1.82, 2.24) is 0 Å². The number of fused-ring (bicyclic) bond motifs is 1. The van der Waals surface area contributed by atoms with Crippen molar-refractivity contribution in [3.8, 4) is 0 Å². The van der Waals surface area contributed by atoms with Gasteiger partial charge in [0, 0.05) is 16.7 Å². The highest BCUT2D eigenvalue weighted by molar-refractivity contribution is 6.08. The standard InChI is InChI=1S/C17H24N2O3/c1-11(2)19-14-8-7-12(16(3,4)5)9-13(14)17(6,15(19)20)10-18(21)22/h7-9,11H,10H2,1-6H3. The Morgan fingerprint density at radius 1 is 1.32 bits per heavy atom. The number of rotatable bonds is 3. The highest BCUT2D eigenvalue weighted by atomic mass is 16.6. The molecule has 0 spiro atoms. The molecule has 5 nitrogen and oxygen atoms in total. The fourth-order valence-corrected chi connectivity index (χ4v) is 3.07. The lowest BCUT2D eigenvalue weighted by molar-refractivity contribution is -0.487. The van der Waals surface area contributed by atoms with Crippen LogP contribution in [-0.2, 0) is 15.6 Å². The molecule has 2 rings (SSSR count). The van der Waals surface area contributed by atoms with Gasteiger partial charge in [0.05, 0.1) is 0 Å². The first-order valence-corrected chi connectivity index (χ1v) is 7.59. The van der Waals surface area contributed by atoms with Crippen LogP contribution in [0.4, 0.5) is 5.69 Å². The Bertz CT molecular complexity index is 631. The molecule has 5 heteroatoms. The molecule has 0 aromatic heterocycles. The number of hydrogen-bond acceptors (Lipinski definition) is 3. The molecule has 1 aromatic rings. The Morgan fingerprint density at radius 2 is 1.91 bits per heavy atom. The average molecular weight is 304 g/mol. The van der Waals surface area contributed by atoms with Gasteiger partial charge in [-0.1, -0.05) is 32.9 Å². The minimum atomic E-state index is -1.09. The SMILES string of the molecule is CC(C)N1C(=O)C(C)(C[N+](=O)[O-])c2cc(C(C)(C)C)ccc21. The molecule has 1 aliphatic heterocycles. The second-order valence-corrected chi connectivity index (χ2v) is 7.57. The topological polar surface area (TPSA) is 63.5 Å². The number of anilines is 1. The van der Waals surface area contributed by atoms with Gasteiger partial charge in [-0.3, -0.25) is 14.9 Å². The Morgan fingerprint density at radius 3 is 2.36 bits per heavy atom. The zero-order chi connectivity index (χ0) is 16.9. The van der Waals surface area contributed by atoms with E-state index < -0.39 is 10.3 Å². The molecular formula is C17H24N2O3. The summed E-state index contributed by atoms with van der Waals surface area (Å²) >= 11 is 0. The minimum Gasteiger partial charge on any atom is -0.309 e.